The van der Waals surface area contributed by atoms with Gasteiger partial charge in [0.15, 0.2) is 0 Å². The highest BCUT2D eigenvalue weighted by atomic mass is 32.1. The summed E-state index contributed by atoms with van der Waals surface area (Å²) in [6.45, 7) is 2.22. The Kier molecular flexibility index (Phi) is 3.64. The van der Waals surface area contributed by atoms with Gasteiger partial charge in [-0.05, 0) is 36.5 Å². The minimum absolute atomic E-state index is 0.482. The van der Waals surface area contributed by atoms with Crippen molar-refractivity contribution >= 4 is 28.9 Å². The summed E-state index contributed by atoms with van der Waals surface area (Å²) >= 11 is 4.52. The molecule has 1 N–H and O–H groups in total. The molecule has 1 aromatic carbocycles. The molecule has 0 aromatic heterocycles. The summed E-state index contributed by atoms with van der Waals surface area (Å²) in [6.07, 6.45) is 0. The summed E-state index contributed by atoms with van der Waals surface area (Å²) < 4.78 is 5.54. The summed E-state index contributed by atoms with van der Waals surface area (Å²) in [5, 5.41) is 5.46. The van der Waals surface area contributed by atoms with E-state index in [-0.39, 0.29) is 0 Å². The zero-order valence-electron chi connectivity index (χ0n) is 8.64. The number of rotatable bonds is 4. The molecule has 16 heavy (non-hydrogen) atoms. The lowest BCUT2D eigenvalue weighted by molar-refractivity contribution is 0.373. The first-order valence-corrected chi connectivity index (χ1v) is 5.37. The normalized spacial score (nSPS) is 13.6. The van der Waals surface area contributed by atoms with E-state index < -0.39 is 0 Å². The second kappa shape index (κ2) is 5.39. The SMILES string of the molecule is S=C=Nc1ccc(OCC2=NCCN2)cc1. The van der Waals surface area contributed by atoms with E-state index >= 15 is 0 Å². The highest BCUT2D eigenvalue weighted by molar-refractivity contribution is 7.78. The standard InChI is InChI=1S/C11H11N3OS/c16-8-14-9-1-3-10(4-2-9)15-7-11-12-5-6-13-11/h1-4H,5-7H2,(H,12,13). The monoisotopic (exact) mass is 233 g/mol. The van der Waals surface area contributed by atoms with E-state index in [1.807, 2.05) is 24.3 Å². The van der Waals surface area contributed by atoms with Crippen LogP contribution in [0.1, 0.15) is 0 Å². The van der Waals surface area contributed by atoms with Gasteiger partial charge in [0.1, 0.15) is 18.2 Å². The molecule has 0 amide bonds. The van der Waals surface area contributed by atoms with Crippen LogP contribution >= 0.6 is 12.2 Å². The number of thiocarbonyl (C=S) groups is 1. The van der Waals surface area contributed by atoms with Crippen LogP contribution in [0.3, 0.4) is 0 Å². The van der Waals surface area contributed by atoms with Gasteiger partial charge in [-0.3, -0.25) is 4.99 Å². The van der Waals surface area contributed by atoms with Gasteiger partial charge in [-0.15, -0.1) is 0 Å². The summed E-state index contributed by atoms with van der Waals surface area (Å²) in [5.41, 5.74) is 0.777. The molecule has 82 valence electrons. The van der Waals surface area contributed by atoms with Crippen LogP contribution in [0.15, 0.2) is 34.3 Å². The molecule has 0 aliphatic carbocycles. The lowest BCUT2D eigenvalue weighted by Gasteiger charge is -2.06. The lowest BCUT2D eigenvalue weighted by atomic mass is 10.3. The van der Waals surface area contributed by atoms with Gasteiger partial charge in [0.25, 0.3) is 0 Å². The first-order chi connectivity index (χ1) is 7.88. The molecule has 2 rings (SSSR count). The largest absolute Gasteiger partial charge is 0.486 e. The molecule has 1 aromatic rings. The van der Waals surface area contributed by atoms with Crippen LogP contribution in [0.25, 0.3) is 0 Å². The second-order valence-corrected chi connectivity index (χ2v) is 3.42. The Morgan fingerprint density at radius 3 is 2.88 bits per heavy atom. The summed E-state index contributed by atoms with van der Waals surface area (Å²) in [5.74, 6) is 1.70. The van der Waals surface area contributed by atoms with Gasteiger partial charge >= 0.3 is 0 Å². The molecule has 0 saturated heterocycles. The first kappa shape index (κ1) is 10.8. The highest BCUT2D eigenvalue weighted by Gasteiger charge is 2.05. The quantitative estimate of drug-likeness (QED) is 0.637. The van der Waals surface area contributed by atoms with Gasteiger partial charge in [0.2, 0.25) is 0 Å². The van der Waals surface area contributed by atoms with Crippen LogP contribution in [0.4, 0.5) is 5.69 Å². The third-order valence-electron chi connectivity index (χ3n) is 2.13. The predicted octanol–water partition coefficient (Wildman–Crippen LogP) is 1.80. The highest BCUT2D eigenvalue weighted by Crippen LogP contribution is 2.17. The van der Waals surface area contributed by atoms with Crippen LogP contribution in [0.2, 0.25) is 0 Å². The van der Waals surface area contributed by atoms with Gasteiger partial charge in [-0.25, -0.2) is 0 Å². The molecule has 0 atom stereocenters. The van der Waals surface area contributed by atoms with Crippen molar-refractivity contribution < 1.29 is 4.74 Å². The molecular weight excluding hydrogens is 222 g/mol. The van der Waals surface area contributed by atoms with Gasteiger partial charge in [-0.2, -0.15) is 4.99 Å². The van der Waals surface area contributed by atoms with Crippen molar-refractivity contribution in [1.82, 2.24) is 5.32 Å². The molecule has 1 aliphatic rings. The van der Waals surface area contributed by atoms with Crippen LogP contribution in [0, 0.1) is 0 Å². The smallest absolute Gasteiger partial charge is 0.145 e. The molecule has 1 heterocycles. The second-order valence-electron chi connectivity index (χ2n) is 3.24. The van der Waals surface area contributed by atoms with Crippen molar-refractivity contribution in [3.63, 3.8) is 0 Å². The number of hydrogen-bond donors (Lipinski definition) is 1. The predicted molar refractivity (Wildman–Crippen MR) is 66.9 cm³/mol. The number of benzene rings is 1. The topological polar surface area (TPSA) is 46.0 Å². The molecule has 0 fully saturated rings. The Morgan fingerprint density at radius 2 is 2.25 bits per heavy atom. The molecule has 0 saturated carbocycles. The molecule has 5 heteroatoms. The van der Waals surface area contributed by atoms with Gasteiger partial charge in [-0.1, -0.05) is 0 Å². The van der Waals surface area contributed by atoms with Crippen molar-refractivity contribution in [3.05, 3.63) is 24.3 Å². The Balaban J connectivity index is 1.92. The lowest BCUT2D eigenvalue weighted by Crippen LogP contribution is -2.24. The Morgan fingerprint density at radius 1 is 1.44 bits per heavy atom. The van der Waals surface area contributed by atoms with Crippen molar-refractivity contribution in [2.75, 3.05) is 19.7 Å². The molecule has 1 aliphatic heterocycles. The fourth-order valence-electron chi connectivity index (χ4n) is 1.36. The molecule has 0 radical (unpaired) electrons. The summed E-state index contributed by atoms with van der Waals surface area (Å²) in [6, 6.07) is 7.36. The fourth-order valence-corrected chi connectivity index (χ4v) is 1.47. The van der Waals surface area contributed by atoms with Crippen molar-refractivity contribution in [2.24, 2.45) is 9.98 Å². The average molecular weight is 233 g/mol. The van der Waals surface area contributed by atoms with E-state index in [1.165, 1.54) is 0 Å². The zero-order valence-corrected chi connectivity index (χ0v) is 9.46. The maximum atomic E-state index is 5.54. The molecule has 4 nitrogen and oxygen atoms in total. The number of hydrogen-bond acceptors (Lipinski definition) is 5. The fraction of sp³-hybridized carbons (Fsp3) is 0.273. The molecule has 0 unspecified atom stereocenters. The third kappa shape index (κ3) is 2.89. The van der Waals surface area contributed by atoms with E-state index in [2.05, 4.69) is 32.7 Å². The molecule has 0 spiro atoms. The number of aliphatic imine (C=N–C) groups is 2. The van der Waals surface area contributed by atoms with Crippen LogP contribution in [-0.4, -0.2) is 30.7 Å². The average Bonchev–Trinajstić information content (AvgIpc) is 2.82. The number of amidine groups is 1. The molecule has 0 bridgehead atoms. The van der Waals surface area contributed by atoms with E-state index in [0.717, 1.165) is 30.4 Å². The van der Waals surface area contributed by atoms with E-state index in [1.54, 1.807) is 0 Å². The van der Waals surface area contributed by atoms with Crippen LogP contribution in [-0.2, 0) is 0 Å². The van der Waals surface area contributed by atoms with Crippen molar-refractivity contribution in [2.45, 2.75) is 0 Å². The molecular formula is C11H11N3OS. The van der Waals surface area contributed by atoms with Crippen LogP contribution < -0.4 is 10.1 Å². The maximum absolute atomic E-state index is 5.54. The third-order valence-corrected chi connectivity index (χ3v) is 2.22. The summed E-state index contributed by atoms with van der Waals surface area (Å²) in [7, 11) is 0. The minimum Gasteiger partial charge on any atom is -0.486 e. The van der Waals surface area contributed by atoms with E-state index in [9.17, 15) is 0 Å². The Bertz CT molecular complexity index is 435. The number of nitrogens with one attached hydrogen (secondary N) is 1. The summed E-state index contributed by atoms with van der Waals surface area (Å²) in [4.78, 5) is 8.09. The van der Waals surface area contributed by atoms with Crippen molar-refractivity contribution in [1.29, 1.82) is 0 Å². The number of nitrogens with zero attached hydrogens (tertiary/aromatic N) is 2. The van der Waals surface area contributed by atoms with E-state index in [0.29, 0.717) is 6.61 Å². The number of isothiocyanates is 1. The zero-order chi connectivity index (χ0) is 11.2. The van der Waals surface area contributed by atoms with E-state index in [4.69, 9.17) is 4.74 Å². The van der Waals surface area contributed by atoms with Crippen LogP contribution in [0.5, 0.6) is 5.75 Å². The van der Waals surface area contributed by atoms with Gasteiger partial charge in [0, 0.05) is 6.54 Å². The van der Waals surface area contributed by atoms with Gasteiger partial charge in [0.05, 0.1) is 17.4 Å². The Hall–Kier alpha value is -1.71. The number of ether oxygens (including phenoxy) is 1. The Labute approximate surface area is 99.1 Å². The minimum atomic E-state index is 0.482. The first-order valence-electron chi connectivity index (χ1n) is 4.96. The van der Waals surface area contributed by atoms with Gasteiger partial charge < -0.3 is 10.1 Å². The maximum Gasteiger partial charge on any atom is 0.145 e. The van der Waals surface area contributed by atoms with Crippen molar-refractivity contribution in [3.8, 4) is 5.75 Å².